The first-order chi connectivity index (χ1) is 12.2. The van der Waals surface area contributed by atoms with Crippen LogP contribution in [0.3, 0.4) is 0 Å². The summed E-state index contributed by atoms with van der Waals surface area (Å²) in [6.45, 7) is 1.14. The Balaban J connectivity index is 1.43. The van der Waals surface area contributed by atoms with Gasteiger partial charge in [-0.3, -0.25) is 4.79 Å². The van der Waals surface area contributed by atoms with Crippen molar-refractivity contribution in [2.45, 2.75) is 83.0 Å². The average molecular weight is 348 g/mol. The highest BCUT2D eigenvalue weighted by molar-refractivity contribution is 5.69. The van der Waals surface area contributed by atoms with E-state index in [9.17, 15) is 9.90 Å². The molecule has 0 saturated heterocycles. The maximum atomic E-state index is 11.8. The van der Waals surface area contributed by atoms with Crippen molar-refractivity contribution in [2.75, 3.05) is 6.61 Å². The van der Waals surface area contributed by atoms with E-state index in [-0.39, 0.29) is 18.2 Å². The van der Waals surface area contributed by atoms with E-state index in [1.165, 1.54) is 19.3 Å². The van der Waals surface area contributed by atoms with Crippen LogP contribution in [0.4, 0.5) is 0 Å². The average Bonchev–Trinajstić information content (AvgIpc) is 2.64. The second-order valence-electron chi connectivity index (χ2n) is 6.98. The molecule has 0 unspecified atom stereocenters. The largest absolute Gasteiger partial charge is 0.462 e. The number of esters is 1. The van der Waals surface area contributed by atoms with Crippen molar-refractivity contribution in [1.82, 2.24) is 0 Å². The molecule has 4 heteroatoms. The fourth-order valence-corrected chi connectivity index (χ4v) is 3.21. The molecule has 1 N–H and O–H groups in total. The van der Waals surface area contributed by atoms with Crippen molar-refractivity contribution in [3.8, 4) is 0 Å². The van der Waals surface area contributed by atoms with Gasteiger partial charge in [0.15, 0.2) is 0 Å². The van der Waals surface area contributed by atoms with Crippen molar-refractivity contribution in [3.05, 3.63) is 35.9 Å². The number of hydrogen-bond donors (Lipinski definition) is 1. The van der Waals surface area contributed by atoms with Crippen LogP contribution < -0.4 is 0 Å². The maximum absolute atomic E-state index is 11.8. The van der Waals surface area contributed by atoms with Crippen LogP contribution in [0.5, 0.6) is 0 Å². The highest BCUT2D eigenvalue weighted by Gasteiger charge is 2.17. The molecular formula is C21H32O4. The molecule has 1 aromatic rings. The number of ether oxygens (including phenoxy) is 2. The van der Waals surface area contributed by atoms with E-state index in [0.717, 1.165) is 31.2 Å². The van der Waals surface area contributed by atoms with Crippen molar-refractivity contribution < 1.29 is 19.4 Å². The number of carbonyl (C=O) groups excluding carboxylic acids is 1. The van der Waals surface area contributed by atoms with E-state index < -0.39 is 0 Å². The SMILES string of the molecule is O=C(CCCC[C@H](O)CCOCc1ccccc1)OC1CCCCC1. The van der Waals surface area contributed by atoms with E-state index in [2.05, 4.69) is 0 Å². The number of unbranched alkanes of at least 4 members (excludes halogenated alkanes) is 1. The van der Waals surface area contributed by atoms with Gasteiger partial charge in [0, 0.05) is 13.0 Å². The quantitative estimate of drug-likeness (QED) is 0.476. The lowest BCUT2D eigenvalue weighted by Gasteiger charge is -2.21. The second kappa shape index (κ2) is 12.0. The summed E-state index contributed by atoms with van der Waals surface area (Å²) in [5.41, 5.74) is 1.15. The van der Waals surface area contributed by atoms with Crippen LogP contribution in [-0.4, -0.2) is 29.9 Å². The summed E-state index contributed by atoms with van der Waals surface area (Å²) in [5.74, 6) is -0.0763. The number of aliphatic hydroxyl groups is 1. The van der Waals surface area contributed by atoms with E-state index in [1.54, 1.807) is 0 Å². The molecule has 0 aliphatic heterocycles. The lowest BCUT2D eigenvalue weighted by atomic mass is 9.98. The minimum absolute atomic E-state index is 0.0763. The van der Waals surface area contributed by atoms with Gasteiger partial charge in [-0.05, 0) is 50.5 Å². The zero-order valence-electron chi connectivity index (χ0n) is 15.2. The van der Waals surface area contributed by atoms with E-state index in [4.69, 9.17) is 9.47 Å². The summed E-state index contributed by atoms with van der Waals surface area (Å²) in [4.78, 5) is 11.8. The third-order valence-corrected chi connectivity index (χ3v) is 4.73. The molecule has 0 heterocycles. The molecule has 1 atom stereocenters. The molecule has 1 saturated carbocycles. The standard InChI is InChI=1S/C21H32O4/c22-19(15-16-24-17-18-9-3-1-4-10-18)11-7-8-14-21(23)25-20-12-5-2-6-13-20/h1,3-4,9-10,19-20,22H,2,5-8,11-17H2/t19-/m0/s1. The van der Waals surface area contributed by atoms with Gasteiger partial charge in [0.25, 0.3) is 0 Å². The third kappa shape index (κ3) is 9.03. The van der Waals surface area contributed by atoms with Crippen molar-refractivity contribution in [1.29, 1.82) is 0 Å². The van der Waals surface area contributed by atoms with Crippen LogP contribution in [0.2, 0.25) is 0 Å². The van der Waals surface area contributed by atoms with Crippen LogP contribution in [0.15, 0.2) is 30.3 Å². The molecule has 0 bridgehead atoms. The monoisotopic (exact) mass is 348 g/mol. The lowest BCUT2D eigenvalue weighted by molar-refractivity contribution is -0.150. The minimum Gasteiger partial charge on any atom is -0.462 e. The first-order valence-corrected chi connectivity index (χ1v) is 9.73. The van der Waals surface area contributed by atoms with E-state index in [1.807, 2.05) is 30.3 Å². The molecule has 1 aliphatic rings. The third-order valence-electron chi connectivity index (χ3n) is 4.73. The molecule has 0 aromatic heterocycles. The molecule has 0 spiro atoms. The fraction of sp³-hybridized carbons (Fsp3) is 0.667. The molecule has 4 nitrogen and oxygen atoms in total. The first kappa shape index (κ1) is 19.9. The fourth-order valence-electron chi connectivity index (χ4n) is 3.21. The Hall–Kier alpha value is -1.39. The number of aliphatic hydroxyl groups excluding tert-OH is 1. The topological polar surface area (TPSA) is 55.8 Å². The molecular weight excluding hydrogens is 316 g/mol. The van der Waals surface area contributed by atoms with Gasteiger partial charge in [0.1, 0.15) is 6.10 Å². The predicted molar refractivity (Wildman–Crippen MR) is 98.2 cm³/mol. The van der Waals surface area contributed by atoms with E-state index in [0.29, 0.717) is 32.5 Å². The molecule has 0 amide bonds. The van der Waals surface area contributed by atoms with Gasteiger partial charge >= 0.3 is 5.97 Å². The molecule has 2 rings (SSSR count). The van der Waals surface area contributed by atoms with Gasteiger partial charge in [0.05, 0.1) is 12.7 Å². The summed E-state index contributed by atoms with van der Waals surface area (Å²) in [7, 11) is 0. The molecule has 140 valence electrons. The smallest absolute Gasteiger partial charge is 0.306 e. The normalized spacial score (nSPS) is 16.5. The summed E-state index contributed by atoms with van der Waals surface area (Å²) < 4.78 is 11.1. The molecule has 1 aliphatic carbocycles. The summed E-state index contributed by atoms with van der Waals surface area (Å²) >= 11 is 0. The molecule has 25 heavy (non-hydrogen) atoms. The van der Waals surface area contributed by atoms with Gasteiger partial charge < -0.3 is 14.6 Å². The molecule has 0 radical (unpaired) electrons. The first-order valence-electron chi connectivity index (χ1n) is 9.73. The van der Waals surface area contributed by atoms with Crippen molar-refractivity contribution in [3.63, 3.8) is 0 Å². The second-order valence-corrected chi connectivity index (χ2v) is 6.98. The van der Waals surface area contributed by atoms with Crippen LogP contribution in [0, 0.1) is 0 Å². The van der Waals surface area contributed by atoms with Gasteiger partial charge in [0.2, 0.25) is 0 Å². The Morgan fingerprint density at radius 2 is 1.84 bits per heavy atom. The Bertz CT molecular complexity index is 468. The van der Waals surface area contributed by atoms with Crippen molar-refractivity contribution in [2.24, 2.45) is 0 Å². The number of rotatable bonds is 11. The van der Waals surface area contributed by atoms with Crippen LogP contribution in [0.25, 0.3) is 0 Å². The Morgan fingerprint density at radius 3 is 2.60 bits per heavy atom. The van der Waals surface area contributed by atoms with Crippen LogP contribution in [0.1, 0.15) is 69.8 Å². The van der Waals surface area contributed by atoms with Gasteiger partial charge in [-0.25, -0.2) is 0 Å². The van der Waals surface area contributed by atoms with Gasteiger partial charge in [-0.2, -0.15) is 0 Å². The number of benzene rings is 1. The van der Waals surface area contributed by atoms with Gasteiger partial charge in [-0.15, -0.1) is 0 Å². The zero-order valence-corrected chi connectivity index (χ0v) is 15.2. The Kier molecular flexibility index (Phi) is 9.60. The summed E-state index contributed by atoms with van der Waals surface area (Å²) in [6, 6.07) is 10.0. The predicted octanol–water partition coefficient (Wildman–Crippen LogP) is 4.39. The van der Waals surface area contributed by atoms with E-state index >= 15 is 0 Å². The summed E-state index contributed by atoms with van der Waals surface area (Å²) in [5, 5.41) is 9.98. The number of carbonyl (C=O) groups is 1. The maximum Gasteiger partial charge on any atom is 0.306 e. The Morgan fingerprint density at radius 1 is 1.08 bits per heavy atom. The van der Waals surface area contributed by atoms with Crippen LogP contribution in [-0.2, 0) is 20.9 Å². The molecule has 1 fully saturated rings. The van der Waals surface area contributed by atoms with Crippen LogP contribution >= 0.6 is 0 Å². The molecule has 1 aromatic carbocycles. The van der Waals surface area contributed by atoms with Gasteiger partial charge in [-0.1, -0.05) is 43.2 Å². The Labute approximate surface area is 151 Å². The lowest BCUT2D eigenvalue weighted by Crippen LogP contribution is -2.20. The summed E-state index contributed by atoms with van der Waals surface area (Å²) in [6.07, 6.45) is 8.90. The van der Waals surface area contributed by atoms with Crippen molar-refractivity contribution >= 4 is 5.97 Å². The number of hydrogen-bond acceptors (Lipinski definition) is 4. The minimum atomic E-state index is -0.356. The highest BCUT2D eigenvalue weighted by atomic mass is 16.5. The highest BCUT2D eigenvalue weighted by Crippen LogP contribution is 2.21. The zero-order chi connectivity index (χ0) is 17.7.